The summed E-state index contributed by atoms with van der Waals surface area (Å²) in [7, 11) is 0. The third-order valence-corrected chi connectivity index (χ3v) is 5.60. The third kappa shape index (κ3) is 3.84. The van der Waals surface area contributed by atoms with Gasteiger partial charge in [-0.2, -0.15) is 0 Å². The molecule has 0 saturated heterocycles. The van der Waals surface area contributed by atoms with Crippen LogP contribution in [0.2, 0.25) is 0 Å². The number of nitrogens with zero attached hydrogens (tertiary/aromatic N) is 2. The van der Waals surface area contributed by atoms with E-state index in [0.29, 0.717) is 17.2 Å². The van der Waals surface area contributed by atoms with Crippen molar-refractivity contribution in [1.82, 2.24) is 14.9 Å². The van der Waals surface area contributed by atoms with Crippen molar-refractivity contribution in [3.63, 3.8) is 0 Å². The quantitative estimate of drug-likeness (QED) is 0.493. The molecule has 0 radical (unpaired) electrons. The summed E-state index contributed by atoms with van der Waals surface area (Å²) in [4.78, 5) is 17.0. The lowest BCUT2D eigenvalue weighted by Gasteiger charge is -2.10. The van der Waals surface area contributed by atoms with E-state index in [2.05, 4.69) is 22.4 Å². The van der Waals surface area contributed by atoms with Crippen LogP contribution in [0.4, 0.5) is 8.78 Å². The Bertz CT molecular complexity index is 1240. The number of carbonyl (C=O) groups is 1. The minimum atomic E-state index is -0.885. The van der Waals surface area contributed by atoms with Gasteiger partial charge in [-0.25, -0.2) is 13.8 Å². The van der Waals surface area contributed by atoms with Gasteiger partial charge < -0.3 is 5.32 Å². The van der Waals surface area contributed by atoms with E-state index >= 15 is 0 Å². The Morgan fingerprint density at radius 1 is 0.935 bits per heavy atom. The molecule has 0 aliphatic heterocycles. The van der Waals surface area contributed by atoms with Crippen LogP contribution in [0.15, 0.2) is 85.3 Å². The van der Waals surface area contributed by atoms with Crippen LogP contribution < -0.4 is 5.32 Å². The summed E-state index contributed by atoms with van der Waals surface area (Å²) < 4.78 is 28.4. The highest BCUT2D eigenvalue weighted by Crippen LogP contribution is 2.40. The Morgan fingerprint density at radius 2 is 1.68 bits per heavy atom. The van der Waals surface area contributed by atoms with Gasteiger partial charge in [0, 0.05) is 17.6 Å². The van der Waals surface area contributed by atoms with E-state index in [-0.39, 0.29) is 11.9 Å². The van der Waals surface area contributed by atoms with Crippen LogP contribution in [0.25, 0.3) is 16.8 Å². The summed E-state index contributed by atoms with van der Waals surface area (Å²) in [5.74, 6) is -1.59. The third-order valence-electron chi connectivity index (χ3n) is 5.60. The highest BCUT2D eigenvalue weighted by molar-refractivity contribution is 5.93. The van der Waals surface area contributed by atoms with Crippen molar-refractivity contribution in [2.45, 2.75) is 18.4 Å². The number of benzene rings is 3. The number of imidazole rings is 1. The molecule has 1 saturated carbocycles. The minimum absolute atomic E-state index is 0.119. The van der Waals surface area contributed by atoms with Gasteiger partial charge in [-0.1, -0.05) is 48.5 Å². The predicted molar refractivity (Wildman–Crippen MR) is 114 cm³/mol. The lowest BCUT2D eigenvalue weighted by atomic mass is 10.1. The first-order valence-electron chi connectivity index (χ1n) is 10.0. The van der Waals surface area contributed by atoms with E-state index in [4.69, 9.17) is 0 Å². The van der Waals surface area contributed by atoms with Gasteiger partial charge in [0.2, 0.25) is 0 Å². The van der Waals surface area contributed by atoms with Crippen molar-refractivity contribution in [1.29, 1.82) is 0 Å². The SMILES string of the molecule is O=C(NC1C[C@@H]1c1ccccc1)c1cncn1-c1ccc(-c2ccc(F)c(F)c2)cc1. The summed E-state index contributed by atoms with van der Waals surface area (Å²) in [6, 6.07) is 21.3. The molecule has 4 aromatic rings. The number of aromatic nitrogens is 2. The standard InChI is InChI=1S/C25H19F2N3O/c26-21-11-8-18(12-22(21)27)16-6-9-19(10-7-16)30-15-28-14-24(30)25(31)29-23-13-20(23)17-4-2-1-3-5-17/h1-12,14-15,20,23H,13H2,(H,29,31)/t20-,23?/m1/s1. The average Bonchev–Trinajstić information content (AvgIpc) is 3.38. The molecule has 2 atom stereocenters. The predicted octanol–water partition coefficient (Wildman–Crippen LogP) is 5.10. The first-order chi connectivity index (χ1) is 15.1. The molecule has 1 aliphatic carbocycles. The fraction of sp³-hybridized carbons (Fsp3) is 0.120. The number of hydrogen-bond acceptors (Lipinski definition) is 2. The maximum Gasteiger partial charge on any atom is 0.270 e. The second-order valence-electron chi connectivity index (χ2n) is 7.66. The first-order valence-corrected chi connectivity index (χ1v) is 10.0. The molecular formula is C25H19F2N3O. The maximum absolute atomic E-state index is 13.5. The molecule has 1 heterocycles. The van der Waals surface area contributed by atoms with Crippen molar-refractivity contribution in [2.24, 2.45) is 0 Å². The van der Waals surface area contributed by atoms with Crippen LogP contribution >= 0.6 is 0 Å². The lowest BCUT2D eigenvalue weighted by molar-refractivity contribution is 0.0943. The molecule has 1 N–H and O–H groups in total. The fourth-order valence-electron chi connectivity index (χ4n) is 3.82. The number of amides is 1. The van der Waals surface area contributed by atoms with E-state index in [1.165, 1.54) is 17.7 Å². The molecule has 1 fully saturated rings. The summed E-state index contributed by atoms with van der Waals surface area (Å²) in [6.07, 6.45) is 4.05. The molecule has 1 unspecified atom stereocenters. The Kier molecular flexibility index (Phi) is 4.82. The van der Waals surface area contributed by atoms with E-state index in [1.54, 1.807) is 29.2 Å². The van der Waals surface area contributed by atoms with E-state index < -0.39 is 11.6 Å². The van der Waals surface area contributed by atoms with Crippen molar-refractivity contribution in [3.05, 3.63) is 108 Å². The summed E-state index contributed by atoms with van der Waals surface area (Å²) in [5.41, 5.74) is 3.75. The molecule has 31 heavy (non-hydrogen) atoms. The van der Waals surface area contributed by atoms with Gasteiger partial charge in [-0.15, -0.1) is 0 Å². The molecule has 0 spiro atoms. The molecule has 5 rings (SSSR count). The zero-order chi connectivity index (χ0) is 21.4. The van der Waals surface area contributed by atoms with Crippen molar-refractivity contribution in [3.8, 4) is 16.8 Å². The van der Waals surface area contributed by atoms with Gasteiger partial charge in [-0.05, 0) is 47.4 Å². The van der Waals surface area contributed by atoms with E-state index in [1.807, 2.05) is 30.3 Å². The monoisotopic (exact) mass is 415 g/mol. The molecule has 0 bridgehead atoms. The van der Waals surface area contributed by atoms with Gasteiger partial charge >= 0.3 is 0 Å². The van der Waals surface area contributed by atoms with Crippen LogP contribution in [0.5, 0.6) is 0 Å². The number of hydrogen-bond donors (Lipinski definition) is 1. The molecule has 1 aromatic heterocycles. The number of carbonyl (C=O) groups excluding carboxylic acids is 1. The van der Waals surface area contributed by atoms with Crippen molar-refractivity contribution < 1.29 is 13.6 Å². The summed E-state index contributed by atoms with van der Waals surface area (Å²) in [5, 5.41) is 3.09. The molecule has 1 amide bonds. The van der Waals surface area contributed by atoms with Crippen LogP contribution in [0.3, 0.4) is 0 Å². The molecule has 4 nitrogen and oxygen atoms in total. The Labute approximate surface area is 178 Å². The Balaban J connectivity index is 1.32. The Hall–Kier alpha value is -3.80. The van der Waals surface area contributed by atoms with Crippen LogP contribution in [0.1, 0.15) is 28.4 Å². The van der Waals surface area contributed by atoms with Crippen molar-refractivity contribution >= 4 is 5.91 Å². The minimum Gasteiger partial charge on any atom is -0.347 e. The zero-order valence-corrected chi connectivity index (χ0v) is 16.5. The summed E-state index contributed by atoms with van der Waals surface area (Å²) >= 11 is 0. The highest BCUT2D eigenvalue weighted by atomic mass is 19.2. The molecule has 6 heteroatoms. The first kappa shape index (κ1) is 19.2. The topological polar surface area (TPSA) is 46.9 Å². The molecule has 3 aromatic carbocycles. The highest BCUT2D eigenvalue weighted by Gasteiger charge is 2.39. The number of halogens is 2. The maximum atomic E-state index is 13.5. The Morgan fingerprint density at radius 3 is 2.42 bits per heavy atom. The second-order valence-corrected chi connectivity index (χ2v) is 7.66. The zero-order valence-electron chi connectivity index (χ0n) is 16.5. The second kappa shape index (κ2) is 7.80. The average molecular weight is 415 g/mol. The lowest BCUT2D eigenvalue weighted by Crippen LogP contribution is -2.28. The molecule has 1 aliphatic rings. The van der Waals surface area contributed by atoms with Crippen LogP contribution in [-0.2, 0) is 0 Å². The molecule has 154 valence electrons. The van der Waals surface area contributed by atoms with Gasteiger partial charge in [0.25, 0.3) is 5.91 Å². The number of nitrogens with one attached hydrogen (secondary N) is 1. The van der Waals surface area contributed by atoms with Crippen molar-refractivity contribution in [2.75, 3.05) is 0 Å². The summed E-state index contributed by atoms with van der Waals surface area (Å²) in [6.45, 7) is 0. The van der Waals surface area contributed by atoms with E-state index in [0.717, 1.165) is 23.7 Å². The molecular weight excluding hydrogens is 396 g/mol. The normalized spacial score (nSPS) is 17.4. The van der Waals surface area contributed by atoms with Gasteiger partial charge in [-0.3, -0.25) is 9.36 Å². The van der Waals surface area contributed by atoms with Crippen LogP contribution in [-0.4, -0.2) is 21.5 Å². The van der Waals surface area contributed by atoms with Gasteiger partial charge in [0.15, 0.2) is 11.6 Å². The van der Waals surface area contributed by atoms with Gasteiger partial charge in [0.05, 0.1) is 12.5 Å². The smallest absolute Gasteiger partial charge is 0.270 e. The largest absolute Gasteiger partial charge is 0.347 e. The number of rotatable bonds is 5. The fourth-order valence-corrected chi connectivity index (χ4v) is 3.82. The van der Waals surface area contributed by atoms with Crippen LogP contribution in [0, 0.1) is 11.6 Å². The van der Waals surface area contributed by atoms with E-state index in [9.17, 15) is 13.6 Å². The van der Waals surface area contributed by atoms with Gasteiger partial charge in [0.1, 0.15) is 5.69 Å².